The molecule has 0 aliphatic carbocycles. The molecule has 0 aliphatic rings. The standard InChI is InChI=1S/C4H12O4Si.H4O4Si.H2O/c1-6-9(4-5,7-2)8-3;1-5(2,3)4;/h5H,4H2,1-3H3;1-4H;1H2. The number of aliphatic hydroxyl groups excluding tert-OH is 1. The van der Waals surface area contributed by atoms with Crippen molar-refractivity contribution in [3.05, 3.63) is 0 Å². The molecule has 9 nitrogen and oxygen atoms in total. The fourth-order valence-electron chi connectivity index (χ4n) is 0.444. The van der Waals surface area contributed by atoms with Crippen molar-refractivity contribution < 1.29 is 43.0 Å². The van der Waals surface area contributed by atoms with Crippen molar-refractivity contribution in [2.45, 2.75) is 0 Å². The zero-order valence-electron chi connectivity index (χ0n) is 8.67. The molecule has 0 atom stereocenters. The van der Waals surface area contributed by atoms with Crippen molar-refractivity contribution in [1.82, 2.24) is 0 Å². The van der Waals surface area contributed by atoms with Crippen LogP contribution in [0.4, 0.5) is 0 Å². The lowest BCUT2D eigenvalue weighted by atomic mass is 11.7. The number of hydrogen-bond donors (Lipinski definition) is 5. The van der Waals surface area contributed by atoms with E-state index in [-0.39, 0.29) is 11.7 Å². The molecular weight excluding hydrogens is 248 g/mol. The van der Waals surface area contributed by atoms with Crippen LogP contribution in [0.15, 0.2) is 0 Å². The first-order chi connectivity index (χ1) is 6.24. The lowest BCUT2D eigenvalue weighted by Crippen LogP contribution is -2.47. The molecule has 7 N–H and O–H groups in total. The first kappa shape index (κ1) is 20.5. The Morgan fingerprint density at radius 2 is 1.07 bits per heavy atom. The van der Waals surface area contributed by atoms with Gasteiger partial charge in [0.15, 0.2) is 0 Å². The quantitative estimate of drug-likeness (QED) is 0.321. The normalized spacial score (nSPS) is 11.2. The summed E-state index contributed by atoms with van der Waals surface area (Å²) in [6.45, 7) is 0. The predicted molar refractivity (Wildman–Crippen MR) is 52.1 cm³/mol. The Morgan fingerprint density at radius 1 is 0.867 bits per heavy atom. The molecule has 0 fully saturated rings. The molecule has 0 aromatic heterocycles. The van der Waals surface area contributed by atoms with E-state index in [1.807, 2.05) is 0 Å². The second-order valence-electron chi connectivity index (χ2n) is 2.05. The number of hydrogen-bond acceptors (Lipinski definition) is 8. The molecule has 0 saturated carbocycles. The van der Waals surface area contributed by atoms with Crippen LogP contribution in [-0.4, -0.2) is 75.2 Å². The van der Waals surface area contributed by atoms with Gasteiger partial charge in [0.2, 0.25) is 0 Å². The van der Waals surface area contributed by atoms with Crippen molar-refractivity contribution in [2.24, 2.45) is 0 Å². The third-order valence-corrected chi connectivity index (χ3v) is 3.38. The summed E-state index contributed by atoms with van der Waals surface area (Å²) in [5, 5.41) is 8.66. The van der Waals surface area contributed by atoms with E-state index in [9.17, 15) is 0 Å². The van der Waals surface area contributed by atoms with Crippen LogP contribution in [0.5, 0.6) is 0 Å². The summed E-state index contributed by atoms with van der Waals surface area (Å²) in [7, 11) is -2.89. The van der Waals surface area contributed by atoms with Crippen molar-refractivity contribution in [3.8, 4) is 0 Å². The van der Waals surface area contributed by atoms with E-state index in [0.717, 1.165) is 0 Å². The minimum atomic E-state index is -4.61. The van der Waals surface area contributed by atoms with Crippen LogP contribution in [0.3, 0.4) is 0 Å². The van der Waals surface area contributed by atoms with Gasteiger partial charge in [0.25, 0.3) is 0 Å². The van der Waals surface area contributed by atoms with E-state index in [2.05, 4.69) is 0 Å². The predicted octanol–water partition coefficient (Wildman–Crippen LogP) is -4.04. The van der Waals surface area contributed by atoms with E-state index < -0.39 is 17.9 Å². The molecule has 0 spiro atoms. The molecule has 96 valence electrons. The molecule has 0 saturated heterocycles. The molecule has 0 aliphatic heterocycles. The maximum atomic E-state index is 8.66. The van der Waals surface area contributed by atoms with Gasteiger partial charge in [-0.3, -0.25) is 0 Å². The summed E-state index contributed by atoms with van der Waals surface area (Å²) in [6.07, 6.45) is -0.184. The molecular formula is C4H18O9Si2. The van der Waals surface area contributed by atoms with Crippen molar-refractivity contribution >= 4 is 17.9 Å². The van der Waals surface area contributed by atoms with Gasteiger partial charge in [0.1, 0.15) is 6.23 Å². The molecule has 0 amide bonds. The SMILES string of the molecule is CO[Si](CO)(OC)OC.O.O[Si](O)(O)O. The Kier molecular flexibility index (Phi) is 12.7. The van der Waals surface area contributed by atoms with E-state index in [1.54, 1.807) is 0 Å². The average molecular weight is 266 g/mol. The lowest BCUT2D eigenvalue weighted by molar-refractivity contribution is 0.0953. The largest absolute Gasteiger partial charge is 0.668 e. The molecule has 0 unspecified atom stereocenters. The van der Waals surface area contributed by atoms with Crippen LogP contribution in [0.1, 0.15) is 0 Å². The molecule has 0 aromatic rings. The first-order valence-electron chi connectivity index (χ1n) is 3.40. The molecule has 0 aromatic carbocycles. The molecule has 15 heavy (non-hydrogen) atoms. The van der Waals surface area contributed by atoms with Gasteiger partial charge < -0.3 is 43.0 Å². The fraction of sp³-hybridized carbons (Fsp3) is 1.00. The van der Waals surface area contributed by atoms with Gasteiger partial charge in [0.05, 0.1) is 0 Å². The Hall–Kier alpha value is 0.0738. The van der Waals surface area contributed by atoms with E-state index >= 15 is 0 Å². The van der Waals surface area contributed by atoms with Gasteiger partial charge >= 0.3 is 17.9 Å². The summed E-state index contributed by atoms with van der Waals surface area (Å²) in [4.78, 5) is 29.3. The Bertz CT molecular complexity index is 109. The van der Waals surface area contributed by atoms with E-state index in [4.69, 9.17) is 37.6 Å². The average Bonchev–Trinajstić information content (AvgIpc) is 2.07. The second-order valence-corrected chi connectivity index (χ2v) is 6.16. The summed E-state index contributed by atoms with van der Waals surface area (Å²) >= 11 is 0. The fourth-order valence-corrected chi connectivity index (χ4v) is 1.33. The van der Waals surface area contributed by atoms with Crippen LogP contribution in [-0.2, 0) is 13.3 Å². The summed E-state index contributed by atoms with van der Waals surface area (Å²) in [6, 6.07) is 0. The number of rotatable bonds is 4. The lowest BCUT2D eigenvalue weighted by Gasteiger charge is -2.21. The summed E-state index contributed by atoms with van der Waals surface area (Å²) in [5.74, 6) is 0. The van der Waals surface area contributed by atoms with E-state index in [1.165, 1.54) is 21.3 Å². The third-order valence-electron chi connectivity index (χ3n) is 1.13. The molecule has 0 bridgehead atoms. The van der Waals surface area contributed by atoms with Crippen LogP contribution in [0.25, 0.3) is 0 Å². The van der Waals surface area contributed by atoms with Gasteiger partial charge in [-0.05, 0) is 0 Å². The minimum Gasteiger partial charge on any atom is -0.412 e. The Balaban J connectivity index is -0.000000208. The van der Waals surface area contributed by atoms with Gasteiger partial charge in [-0.1, -0.05) is 0 Å². The Morgan fingerprint density at radius 3 is 1.07 bits per heavy atom. The van der Waals surface area contributed by atoms with Crippen molar-refractivity contribution in [2.75, 3.05) is 27.6 Å². The molecule has 0 heterocycles. The molecule has 0 rings (SSSR count). The van der Waals surface area contributed by atoms with Crippen LogP contribution in [0.2, 0.25) is 0 Å². The highest BCUT2D eigenvalue weighted by molar-refractivity contribution is 6.60. The molecule has 0 radical (unpaired) electrons. The van der Waals surface area contributed by atoms with Crippen LogP contribution < -0.4 is 0 Å². The van der Waals surface area contributed by atoms with Crippen LogP contribution >= 0.6 is 0 Å². The van der Waals surface area contributed by atoms with Crippen molar-refractivity contribution in [1.29, 1.82) is 0 Å². The third kappa shape index (κ3) is 14.1. The van der Waals surface area contributed by atoms with Gasteiger partial charge in [0, 0.05) is 21.3 Å². The summed E-state index contributed by atoms with van der Waals surface area (Å²) < 4.78 is 14.5. The van der Waals surface area contributed by atoms with Gasteiger partial charge in [-0.2, -0.15) is 0 Å². The zero-order valence-corrected chi connectivity index (χ0v) is 10.7. The highest BCUT2D eigenvalue weighted by Gasteiger charge is 2.36. The maximum Gasteiger partial charge on any atom is 0.668 e. The monoisotopic (exact) mass is 266 g/mol. The van der Waals surface area contributed by atoms with E-state index in [0.29, 0.717) is 0 Å². The second kappa shape index (κ2) is 9.31. The summed E-state index contributed by atoms with van der Waals surface area (Å²) in [5.41, 5.74) is 0. The molecule has 11 heteroatoms. The highest BCUT2D eigenvalue weighted by atomic mass is 28.4. The topological polar surface area (TPSA) is 160 Å². The van der Waals surface area contributed by atoms with Gasteiger partial charge in [-0.25, -0.2) is 0 Å². The highest BCUT2D eigenvalue weighted by Crippen LogP contribution is 2.02. The van der Waals surface area contributed by atoms with Crippen molar-refractivity contribution in [3.63, 3.8) is 0 Å². The number of aliphatic hydroxyl groups is 1. The first-order valence-corrected chi connectivity index (χ1v) is 7.12. The Labute approximate surface area is 89.3 Å². The zero-order chi connectivity index (χ0) is 11.8. The van der Waals surface area contributed by atoms with Gasteiger partial charge in [-0.15, -0.1) is 0 Å². The minimum absolute atomic E-state index is 0. The maximum absolute atomic E-state index is 8.66. The van der Waals surface area contributed by atoms with Crippen LogP contribution in [0, 0.1) is 0 Å². The smallest absolute Gasteiger partial charge is 0.412 e.